The molecule has 3 aromatic rings. The minimum absolute atomic E-state index is 0.202. The van der Waals surface area contributed by atoms with Gasteiger partial charge < -0.3 is 29.9 Å². The molecule has 1 fully saturated rings. The Morgan fingerprint density at radius 1 is 1.00 bits per heavy atom. The number of fused-ring (bicyclic) bond motifs is 1. The molecule has 0 spiro atoms. The van der Waals surface area contributed by atoms with Gasteiger partial charge >= 0.3 is 0 Å². The van der Waals surface area contributed by atoms with E-state index in [1.165, 1.54) is 16.3 Å². The van der Waals surface area contributed by atoms with E-state index >= 15 is 0 Å². The molecule has 1 unspecified atom stereocenters. The molecule has 176 valence electrons. The van der Waals surface area contributed by atoms with Gasteiger partial charge in [0.05, 0.1) is 13.2 Å². The summed E-state index contributed by atoms with van der Waals surface area (Å²) in [4.78, 5) is 2.17. The number of hydrogen-bond donors (Lipinski definition) is 3. The van der Waals surface area contributed by atoms with Gasteiger partial charge in [-0.15, -0.1) is 0 Å². The first-order chi connectivity index (χ1) is 16.1. The molecule has 1 heterocycles. The highest BCUT2D eigenvalue weighted by Gasteiger charge is 2.20. The molecular formula is C27H34N2O4. The number of rotatable bonds is 10. The minimum Gasteiger partial charge on any atom is -0.493 e. The molecule has 6 heteroatoms. The van der Waals surface area contributed by atoms with E-state index in [0.717, 1.165) is 38.0 Å². The first-order valence-corrected chi connectivity index (χ1v) is 11.7. The molecule has 4 rings (SSSR count). The predicted molar refractivity (Wildman–Crippen MR) is 131 cm³/mol. The lowest BCUT2D eigenvalue weighted by Crippen LogP contribution is -2.41. The third kappa shape index (κ3) is 6.45. The number of β-amino-alcohol motifs (C(OH)–C–C–N with tert-alkyl or cyclic N) is 1. The van der Waals surface area contributed by atoms with Gasteiger partial charge in [0, 0.05) is 32.7 Å². The van der Waals surface area contributed by atoms with Crippen LogP contribution in [0.25, 0.3) is 10.8 Å². The van der Waals surface area contributed by atoms with E-state index in [1.807, 2.05) is 18.2 Å². The first kappa shape index (κ1) is 23.5. The number of piperidine rings is 1. The van der Waals surface area contributed by atoms with E-state index in [-0.39, 0.29) is 12.7 Å². The first-order valence-electron chi connectivity index (χ1n) is 11.7. The summed E-state index contributed by atoms with van der Waals surface area (Å²) in [7, 11) is 1.63. The van der Waals surface area contributed by atoms with Gasteiger partial charge in [-0.2, -0.15) is 0 Å². The Morgan fingerprint density at radius 2 is 1.79 bits per heavy atom. The number of hydrogen-bond acceptors (Lipinski definition) is 6. The molecule has 0 radical (unpaired) electrons. The molecule has 6 nitrogen and oxygen atoms in total. The van der Waals surface area contributed by atoms with E-state index in [4.69, 9.17) is 9.47 Å². The lowest BCUT2D eigenvalue weighted by molar-refractivity contribution is 0.0333. The summed E-state index contributed by atoms with van der Waals surface area (Å²) >= 11 is 0. The summed E-state index contributed by atoms with van der Waals surface area (Å²) in [6, 6.07) is 20.7. The average Bonchev–Trinajstić information content (AvgIpc) is 2.84. The molecule has 1 saturated heterocycles. The van der Waals surface area contributed by atoms with Gasteiger partial charge in [0.25, 0.3) is 0 Å². The number of nitrogens with zero attached hydrogens (tertiary/aromatic N) is 1. The average molecular weight is 451 g/mol. The van der Waals surface area contributed by atoms with Crippen molar-refractivity contribution in [2.45, 2.75) is 38.1 Å². The SMILES string of the molecule is COc1cc(CNCc2cccc3ccccc23)ccc1OCC(O)CN1CCC(O)CC1. The lowest BCUT2D eigenvalue weighted by Gasteiger charge is -2.30. The summed E-state index contributed by atoms with van der Waals surface area (Å²) < 4.78 is 11.4. The van der Waals surface area contributed by atoms with Crippen LogP contribution in [0.4, 0.5) is 0 Å². The molecule has 33 heavy (non-hydrogen) atoms. The van der Waals surface area contributed by atoms with Gasteiger partial charge in [0.2, 0.25) is 0 Å². The third-order valence-electron chi connectivity index (χ3n) is 6.21. The van der Waals surface area contributed by atoms with E-state index in [1.54, 1.807) is 7.11 Å². The fourth-order valence-corrected chi connectivity index (χ4v) is 4.37. The zero-order valence-electron chi connectivity index (χ0n) is 19.2. The monoisotopic (exact) mass is 450 g/mol. The molecule has 0 saturated carbocycles. The van der Waals surface area contributed by atoms with Crippen LogP contribution in [0.2, 0.25) is 0 Å². The van der Waals surface area contributed by atoms with E-state index in [0.29, 0.717) is 24.6 Å². The highest BCUT2D eigenvalue weighted by atomic mass is 16.5. The Morgan fingerprint density at radius 3 is 2.61 bits per heavy atom. The molecule has 0 bridgehead atoms. The second kappa shape index (κ2) is 11.5. The zero-order valence-corrected chi connectivity index (χ0v) is 19.2. The van der Waals surface area contributed by atoms with Crippen molar-refractivity contribution in [1.82, 2.24) is 10.2 Å². The predicted octanol–water partition coefficient (Wildman–Crippen LogP) is 3.33. The fraction of sp³-hybridized carbons (Fsp3) is 0.407. The van der Waals surface area contributed by atoms with Gasteiger partial charge in [-0.3, -0.25) is 0 Å². The van der Waals surface area contributed by atoms with Crippen molar-refractivity contribution < 1.29 is 19.7 Å². The highest BCUT2D eigenvalue weighted by Crippen LogP contribution is 2.28. The van der Waals surface area contributed by atoms with Crippen LogP contribution < -0.4 is 14.8 Å². The molecule has 1 aliphatic rings. The largest absolute Gasteiger partial charge is 0.493 e. The number of aliphatic hydroxyl groups is 2. The lowest BCUT2D eigenvalue weighted by atomic mass is 10.0. The van der Waals surface area contributed by atoms with Gasteiger partial charge in [-0.05, 0) is 46.9 Å². The Labute approximate surface area is 195 Å². The van der Waals surface area contributed by atoms with Crippen LogP contribution in [-0.2, 0) is 13.1 Å². The summed E-state index contributed by atoms with van der Waals surface area (Å²) in [6.07, 6.45) is 0.723. The Bertz CT molecular complexity index is 1030. The minimum atomic E-state index is -0.591. The van der Waals surface area contributed by atoms with E-state index in [9.17, 15) is 10.2 Å². The number of aliphatic hydroxyl groups excluding tert-OH is 2. The van der Waals surface area contributed by atoms with Crippen molar-refractivity contribution in [2.24, 2.45) is 0 Å². The molecule has 1 atom stereocenters. The molecule has 0 amide bonds. The summed E-state index contributed by atoms with van der Waals surface area (Å²) in [5, 5.41) is 26.0. The molecule has 3 aromatic carbocycles. The maximum atomic E-state index is 10.4. The van der Waals surface area contributed by atoms with Crippen molar-refractivity contribution >= 4 is 10.8 Å². The van der Waals surface area contributed by atoms with Gasteiger partial charge in [0.1, 0.15) is 12.7 Å². The van der Waals surface area contributed by atoms with Crippen molar-refractivity contribution in [3.05, 3.63) is 71.8 Å². The highest BCUT2D eigenvalue weighted by molar-refractivity contribution is 5.85. The number of ether oxygens (including phenoxy) is 2. The standard InChI is InChI=1S/C27H34N2O4/c1-32-27-15-20(16-28-17-22-7-4-6-21-5-2-3-8-25(21)22)9-10-26(27)33-19-24(31)18-29-13-11-23(30)12-14-29/h2-10,15,23-24,28,30-31H,11-14,16-19H2,1H3. The quantitative estimate of drug-likeness (QED) is 0.440. The van der Waals surface area contributed by atoms with Crippen LogP contribution in [0.1, 0.15) is 24.0 Å². The van der Waals surface area contributed by atoms with Crippen LogP contribution in [-0.4, -0.2) is 60.7 Å². The molecule has 0 aliphatic carbocycles. The molecular weight excluding hydrogens is 416 g/mol. The fourth-order valence-electron chi connectivity index (χ4n) is 4.37. The molecule has 3 N–H and O–H groups in total. The zero-order chi connectivity index (χ0) is 23.0. The smallest absolute Gasteiger partial charge is 0.161 e. The second-order valence-corrected chi connectivity index (χ2v) is 8.72. The Hall–Kier alpha value is -2.64. The Kier molecular flexibility index (Phi) is 8.18. The van der Waals surface area contributed by atoms with Gasteiger partial charge in [-0.25, -0.2) is 0 Å². The normalized spacial score (nSPS) is 16.1. The Balaban J connectivity index is 1.28. The van der Waals surface area contributed by atoms with Crippen molar-refractivity contribution in [1.29, 1.82) is 0 Å². The van der Waals surface area contributed by atoms with Crippen LogP contribution >= 0.6 is 0 Å². The molecule has 1 aliphatic heterocycles. The maximum Gasteiger partial charge on any atom is 0.161 e. The van der Waals surface area contributed by atoms with Crippen LogP contribution in [0.3, 0.4) is 0 Å². The summed E-state index contributed by atoms with van der Waals surface area (Å²) in [5.41, 5.74) is 2.38. The third-order valence-corrected chi connectivity index (χ3v) is 6.21. The van der Waals surface area contributed by atoms with Crippen LogP contribution in [0, 0.1) is 0 Å². The van der Waals surface area contributed by atoms with Gasteiger partial charge in [-0.1, -0.05) is 48.5 Å². The number of methoxy groups -OCH3 is 1. The second-order valence-electron chi connectivity index (χ2n) is 8.72. The van der Waals surface area contributed by atoms with Crippen LogP contribution in [0.15, 0.2) is 60.7 Å². The number of benzene rings is 3. The number of likely N-dealkylation sites (tertiary alicyclic amines) is 1. The van der Waals surface area contributed by atoms with Crippen molar-refractivity contribution in [3.8, 4) is 11.5 Å². The topological polar surface area (TPSA) is 74.2 Å². The van der Waals surface area contributed by atoms with E-state index in [2.05, 4.69) is 52.7 Å². The van der Waals surface area contributed by atoms with Crippen molar-refractivity contribution in [3.63, 3.8) is 0 Å². The van der Waals surface area contributed by atoms with Crippen LogP contribution in [0.5, 0.6) is 11.5 Å². The van der Waals surface area contributed by atoms with Crippen molar-refractivity contribution in [2.75, 3.05) is 33.4 Å². The maximum absolute atomic E-state index is 10.4. The number of nitrogens with one attached hydrogen (secondary N) is 1. The summed E-state index contributed by atoms with van der Waals surface area (Å²) in [6.45, 7) is 3.86. The summed E-state index contributed by atoms with van der Waals surface area (Å²) in [5.74, 6) is 1.29. The van der Waals surface area contributed by atoms with Gasteiger partial charge in [0.15, 0.2) is 11.5 Å². The molecule has 0 aromatic heterocycles. The van der Waals surface area contributed by atoms with E-state index < -0.39 is 6.10 Å².